The molecule has 1 aliphatic rings. The number of likely N-dealkylation sites (N-methyl/N-ethyl adjacent to an activating group) is 1. The fourth-order valence-corrected chi connectivity index (χ4v) is 3.28. The molecule has 1 rings (SSSR count). The van der Waals surface area contributed by atoms with Gasteiger partial charge in [0, 0.05) is 18.7 Å². The third-order valence-corrected chi connectivity index (χ3v) is 5.58. The summed E-state index contributed by atoms with van der Waals surface area (Å²) in [4.78, 5) is 23.9. The Bertz CT molecular complexity index is 670. The van der Waals surface area contributed by atoms with Crippen LogP contribution in [0.15, 0.2) is 12.2 Å². The van der Waals surface area contributed by atoms with Gasteiger partial charge in [0.25, 0.3) is 11.8 Å². The zero-order valence-corrected chi connectivity index (χ0v) is 26.4. The predicted octanol–water partition coefficient (Wildman–Crippen LogP) is -0.687. The van der Waals surface area contributed by atoms with Crippen molar-refractivity contribution < 1.29 is 61.7 Å². The summed E-state index contributed by atoms with van der Waals surface area (Å²) in [6.07, 6.45) is 2.51. The quantitative estimate of drug-likeness (QED) is 0.0681. The molecule has 0 aromatic rings. The fraction of sp³-hybridized carbons (Fsp3) is 0.862. The van der Waals surface area contributed by atoms with Gasteiger partial charge in [-0.1, -0.05) is 0 Å². The molecule has 0 aromatic carbocycles. The molecule has 0 aromatic heterocycles. The molecule has 0 spiro atoms. The average molecular weight is 639 g/mol. The van der Waals surface area contributed by atoms with Crippen molar-refractivity contribution in [3.05, 3.63) is 12.2 Å². The molecule has 44 heavy (non-hydrogen) atoms. The van der Waals surface area contributed by atoms with Gasteiger partial charge in [-0.15, -0.1) is 0 Å². The van der Waals surface area contributed by atoms with Crippen LogP contribution in [0.5, 0.6) is 0 Å². The second kappa shape index (κ2) is 32.8. The first-order valence-electron chi connectivity index (χ1n) is 15.3. The van der Waals surface area contributed by atoms with Crippen LogP contribution < -0.4 is 5.32 Å². The Kier molecular flexibility index (Phi) is 30.1. The molecular weight excluding hydrogens is 584 g/mol. The van der Waals surface area contributed by atoms with Crippen molar-refractivity contribution in [2.75, 3.05) is 165 Å². The minimum Gasteiger partial charge on any atom is -0.378 e. The number of carbonyl (C=O) groups excluding carboxylic acids is 2. The standard InChI is InChI=1S/C29H54N2O13/c1-30-4-6-34-8-10-36-12-14-38-16-18-40-20-22-42-24-26-44-27-25-43-23-21-41-19-17-39-15-13-37-11-9-35-7-5-31-28(32)2-3-29(31)33/h2-3,30H,4-27H2,1H3. The third-order valence-electron chi connectivity index (χ3n) is 5.58. The SMILES string of the molecule is CNCCOCCOCCOCCOCCOCCOCCOCCOCCOCCOCCOCCN1C(=O)C=CC1=O. The summed E-state index contributed by atoms with van der Waals surface area (Å²) in [7, 11) is 1.89. The van der Waals surface area contributed by atoms with E-state index in [9.17, 15) is 9.59 Å². The molecule has 1 heterocycles. The molecule has 258 valence electrons. The molecule has 1 N–H and O–H groups in total. The highest BCUT2D eigenvalue weighted by molar-refractivity contribution is 6.12. The van der Waals surface area contributed by atoms with E-state index in [0.717, 1.165) is 11.4 Å². The normalized spacial score (nSPS) is 13.2. The Labute approximate surface area is 261 Å². The summed E-state index contributed by atoms with van der Waals surface area (Å²) in [6.45, 7) is 11.9. The van der Waals surface area contributed by atoms with Gasteiger partial charge in [-0.05, 0) is 7.05 Å². The fourth-order valence-electron chi connectivity index (χ4n) is 3.28. The summed E-state index contributed by atoms with van der Waals surface area (Å²) >= 11 is 0. The maximum Gasteiger partial charge on any atom is 0.253 e. The zero-order valence-electron chi connectivity index (χ0n) is 26.4. The van der Waals surface area contributed by atoms with E-state index in [1.165, 1.54) is 12.2 Å². The maximum absolute atomic E-state index is 11.4. The first-order valence-corrected chi connectivity index (χ1v) is 15.3. The molecule has 0 radical (unpaired) electrons. The number of nitrogens with zero attached hydrogens (tertiary/aromatic N) is 1. The van der Waals surface area contributed by atoms with E-state index in [1.54, 1.807) is 0 Å². The van der Waals surface area contributed by atoms with Gasteiger partial charge in [-0.2, -0.15) is 0 Å². The van der Waals surface area contributed by atoms with Crippen molar-refractivity contribution in [1.29, 1.82) is 0 Å². The highest BCUT2D eigenvalue weighted by Gasteiger charge is 2.22. The number of carbonyl (C=O) groups is 2. The molecule has 15 nitrogen and oxygen atoms in total. The highest BCUT2D eigenvalue weighted by Crippen LogP contribution is 2.02. The molecular formula is C29H54N2O13. The lowest BCUT2D eigenvalue weighted by atomic mass is 10.5. The van der Waals surface area contributed by atoms with Crippen molar-refractivity contribution in [3.8, 4) is 0 Å². The van der Waals surface area contributed by atoms with Crippen LogP contribution in [0.3, 0.4) is 0 Å². The van der Waals surface area contributed by atoms with Crippen molar-refractivity contribution in [2.45, 2.75) is 0 Å². The van der Waals surface area contributed by atoms with Gasteiger partial charge in [-0.3, -0.25) is 14.5 Å². The predicted molar refractivity (Wildman–Crippen MR) is 159 cm³/mol. The summed E-state index contributed by atoms with van der Waals surface area (Å²) < 4.78 is 59.7. The number of rotatable bonds is 36. The summed E-state index contributed by atoms with van der Waals surface area (Å²) in [5.41, 5.74) is 0. The molecule has 0 saturated heterocycles. The van der Waals surface area contributed by atoms with E-state index >= 15 is 0 Å². The number of ether oxygens (including phenoxy) is 11. The van der Waals surface area contributed by atoms with E-state index in [1.807, 2.05) is 7.05 Å². The van der Waals surface area contributed by atoms with Crippen LogP contribution in [-0.2, 0) is 61.7 Å². The Morgan fingerprint density at radius 3 is 0.886 bits per heavy atom. The first-order chi connectivity index (χ1) is 21.8. The minimum absolute atomic E-state index is 0.241. The Hall–Kier alpha value is -1.60. The van der Waals surface area contributed by atoms with Crippen LogP contribution in [0.25, 0.3) is 0 Å². The third kappa shape index (κ3) is 26.8. The highest BCUT2D eigenvalue weighted by atomic mass is 16.6. The number of nitrogens with one attached hydrogen (secondary N) is 1. The lowest BCUT2D eigenvalue weighted by Gasteiger charge is -2.13. The molecule has 0 aliphatic carbocycles. The minimum atomic E-state index is -0.306. The molecule has 2 amide bonds. The van der Waals surface area contributed by atoms with E-state index in [0.29, 0.717) is 139 Å². The molecule has 1 aliphatic heterocycles. The molecule has 15 heteroatoms. The van der Waals surface area contributed by atoms with Crippen LogP contribution in [0.2, 0.25) is 0 Å². The zero-order chi connectivity index (χ0) is 31.6. The van der Waals surface area contributed by atoms with Crippen molar-refractivity contribution in [1.82, 2.24) is 10.2 Å². The van der Waals surface area contributed by atoms with Gasteiger partial charge in [-0.25, -0.2) is 0 Å². The lowest BCUT2D eigenvalue weighted by molar-refractivity contribution is -0.137. The maximum atomic E-state index is 11.4. The van der Waals surface area contributed by atoms with E-state index in [4.69, 9.17) is 52.1 Å². The lowest BCUT2D eigenvalue weighted by Crippen LogP contribution is -2.33. The van der Waals surface area contributed by atoms with Crippen molar-refractivity contribution in [2.24, 2.45) is 0 Å². The van der Waals surface area contributed by atoms with Gasteiger partial charge >= 0.3 is 0 Å². The number of hydrogen-bond acceptors (Lipinski definition) is 14. The van der Waals surface area contributed by atoms with Gasteiger partial charge in [0.2, 0.25) is 0 Å². The van der Waals surface area contributed by atoms with Crippen LogP contribution in [0.1, 0.15) is 0 Å². The van der Waals surface area contributed by atoms with Gasteiger partial charge in [0.05, 0.1) is 152 Å². The molecule has 0 bridgehead atoms. The van der Waals surface area contributed by atoms with Crippen LogP contribution in [0, 0.1) is 0 Å². The molecule has 0 unspecified atom stereocenters. The number of hydrogen-bond donors (Lipinski definition) is 1. The van der Waals surface area contributed by atoms with Crippen LogP contribution in [0.4, 0.5) is 0 Å². The number of amides is 2. The first kappa shape index (κ1) is 40.4. The topological polar surface area (TPSA) is 151 Å². The second-order valence-corrected chi connectivity index (χ2v) is 9.00. The Balaban J connectivity index is 1.62. The number of imide groups is 1. The van der Waals surface area contributed by atoms with Gasteiger partial charge < -0.3 is 57.4 Å². The molecule has 0 atom stereocenters. The van der Waals surface area contributed by atoms with E-state index in [-0.39, 0.29) is 25.0 Å². The Morgan fingerprint density at radius 2 is 0.636 bits per heavy atom. The average Bonchev–Trinajstić information content (AvgIpc) is 3.35. The van der Waals surface area contributed by atoms with E-state index < -0.39 is 0 Å². The van der Waals surface area contributed by atoms with Crippen molar-refractivity contribution in [3.63, 3.8) is 0 Å². The largest absolute Gasteiger partial charge is 0.378 e. The summed E-state index contributed by atoms with van der Waals surface area (Å²) in [5, 5.41) is 3.01. The summed E-state index contributed by atoms with van der Waals surface area (Å²) in [6, 6.07) is 0. The molecule has 0 saturated carbocycles. The van der Waals surface area contributed by atoms with E-state index in [2.05, 4.69) is 5.32 Å². The van der Waals surface area contributed by atoms with Crippen LogP contribution in [-0.4, -0.2) is 182 Å². The van der Waals surface area contributed by atoms with Gasteiger partial charge in [0.1, 0.15) is 0 Å². The smallest absolute Gasteiger partial charge is 0.253 e. The van der Waals surface area contributed by atoms with Crippen molar-refractivity contribution >= 4 is 11.8 Å². The molecule has 0 fully saturated rings. The monoisotopic (exact) mass is 638 g/mol. The summed E-state index contributed by atoms with van der Waals surface area (Å²) in [5.74, 6) is -0.611. The van der Waals surface area contributed by atoms with Crippen LogP contribution >= 0.6 is 0 Å². The second-order valence-electron chi connectivity index (χ2n) is 9.00. The Morgan fingerprint density at radius 1 is 0.409 bits per heavy atom. The van der Waals surface area contributed by atoms with Gasteiger partial charge in [0.15, 0.2) is 0 Å².